The molecule has 1 amide bonds. The summed E-state index contributed by atoms with van der Waals surface area (Å²) in [5.74, 6) is -1.51. The lowest BCUT2D eigenvalue weighted by Crippen LogP contribution is -2.43. The molecule has 4 heteroatoms. The van der Waals surface area contributed by atoms with Gasteiger partial charge in [0.25, 0.3) is 0 Å². The third-order valence-electron chi connectivity index (χ3n) is 3.62. The summed E-state index contributed by atoms with van der Waals surface area (Å²) in [4.78, 5) is 24.2. The molecule has 0 aromatic heterocycles. The number of amides is 1. The van der Waals surface area contributed by atoms with Crippen LogP contribution in [0.25, 0.3) is 0 Å². The van der Waals surface area contributed by atoms with E-state index >= 15 is 0 Å². The van der Waals surface area contributed by atoms with Crippen molar-refractivity contribution in [1.82, 2.24) is 4.90 Å². The van der Waals surface area contributed by atoms with Gasteiger partial charge in [0.15, 0.2) is 0 Å². The van der Waals surface area contributed by atoms with Gasteiger partial charge < -0.3 is 10.0 Å². The largest absolute Gasteiger partial charge is 0.481 e. The van der Waals surface area contributed by atoms with E-state index in [0.29, 0.717) is 0 Å². The number of carbonyl (C=O) groups excluding carboxylic acids is 1. The van der Waals surface area contributed by atoms with Crippen molar-refractivity contribution in [3.8, 4) is 0 Å². The quantitative estimate of drug-likeness (QED) is 0.747. The van der Waals surface area contributed by atoms with E-state index < -0.39 is 11.9 Å². The van der Waals surface area contributed by atoms with E-state index in [4.69, 9.17) is 5.11 Å². The van der Waals surface area contributed by atoms with E-state index in [9.17, 15) is 9.59 Å². The van der Waals surface area contributed by atoms with Crippen molar-refractivity contribution in [2.24, 2.45) is 11.8 Å². The van der Waals surface area contributed by atoms with Crippen molar-refractivity contribution in [2.75, 3.05) is 7.05 Å². The third kappa shape index (κ3) is 2.97. The number of hydrogen-bond acceptors (Lipinski definition) is 2. The molecule has 92 valence electrons. The Kier molecular flexibility index (Phi) is 4.33. The minimum atomic E-state index is -1.04. The second kappa shape index (κ2) is 5.32. The second-order valence-corrected chi connectivity index (χ2v) is 4.92. The van der Waals surface area contributed by atoms with Gasteiger partial charge in [0, 0.05) is 13.1 Å². The van der Waals surface area contributed by atoms with Gasteiger partial charge in [0.05, 0.1) is 0 Å². The maximum atomic E-state index is 11.8. The van der Waals surface area contributed by atoms with Gasteiger partial charge in [-0.3, -0.25) is 9.59 Å². The van der Waals surface area contributed by atoms with Crippen LogP contribution in [0.4, 0.5) is 0 Å². The number of carbonyl (C=O) groups is 2. The normalized spacial score (nSPS) is 27.2. The van der Waals surface area contributed by atoms with E-state index in [1.54, 1.807) is 11.9 Å². The van der Waals surface area contributed by atoms with Gasteiger partial charge in [-0.25, -0.2) is 0 Å². The molecule has 0 bridgehead atoms. The molecule has 0 saturated heterocycles. The number of rotatable bonds is 3. The first-order valence-corrected chi connectivity index (χ1v) is 5.93. The Hall–Kier alpha value is -1.06. The summed E-state index contributed by atoms with van der Waals surface area (Å²) < 4.78 is 0. The number of nitrogens with zero attached hydrogens (tertiary/aromatic N) is 1. The smallest absolute Gasteiger partial charge is 0.315 e. The summed E-state index contributed by atoms with van der Waals surface area (Å²) in [5.41, 5.74) is 0. The average Bonchev–Trinajstić information content (AvgIpc) is 2.27. The Bertz CT molecular complexity index is 269. The molecule has 1 aliphatic carbocycles. The van der Waals surface area contributed by atoms with Gasteiger partial charge in [-0.15, -0.1) is 0 Å². The van der Waals surface area contributed by atoms with E-state index in [0.717, 1.165) is 31.6 Å². The van der Waals surface area contributed by atoms with Gasteiger partial charge in [-0.1, -0.05) is 6.92 Å². The summed E-state index contributed by atoms with van der Waals surface area (Å²) in [6, 6.07) is 0.227. The van der Waals surface area contributed by atoms with Crippen LogP contribution in [0.3, 0.4) is 0 Å². The van der Waals surface area contributed by atoms with Gasteiger partial charge in [-0.05, 0) is 38.5 Å². The zero-order valence-electron chi connectivity index (χ0n) is 10.3. The van der Waals surface area contributed by atoms with Crippen LogP contribution in [-0.2, 0) is 9.59 Å². The van der Waals surface area contributed by atoms with Crippen molar-refractivity contribution in [1.29, 1.82) is 0 Å². The highest BCUT2D eigenvalue weighted by Crippen LogP contribution is 2.27. The zero-order chi connectivity index (χ0) is 12.3. The molecule has 1 aliphatic rings. The SMILES string of the molecule is CC1CCC(N(C)C(=O)C(C)C(=O)O)CC1. The Morgan fingerprint density at radius 1 is 1.25 bits per heavy atom. The Morgan fingerprint density at radius 2 is 1.75 bits per heavy atom. The summed E-state index contributed by atoms with van der Waals surface area (Å²) in [7, 11) is 1.72. The second-order valence-electron chi connectivity index (χ2n) is 4.92. The minimum absolute atomic E-state index is 0.227. The lowest BCUT2D eigenvalue weighted by molar-refractivity contribution is -0.151. The first-order chi connectivity index (χ1) is 7.43. The van der Waals surface area contributed by atoms with Crippen LogP contribution in [0, 0.1) is 11.8 Å². The van der Waals surface area contributed by atoms with E-state index in [2.05, 4.69) is 6.92 Å². The molecule has 1 atom stereocenters. The molecule has 1 fully saturated rings. The molecule has 0 aromatic rings. The summed E-state index contributed by atoms with van der Waals surface area (Å²) in [6.07, 6.45) is 4.25. The average molecular weight is 227 g/mol. The van der Waals surface area contributed by atoms with Crippen molar-refractivity contribution in [3.05, 3.63) is 0 Å². The fourth-order valence-corrected chi connectivity index (χ4v) is 2.22. The predicted octanol–water partition coefficient (Wildman–Crippen LogP) is 1.74. The van der Waals surface area contributed by atoms with Crippen LogP contribution in [0.2, 0.25) is 0 Å². The number of carboxylic acid groups (broad SMARTS) is 1. The number of carboxylic acids is 1. The molecule has 1 rings (SSSR count). The molecule has 0 aliphatic heterocycles. The van der Waals surface area contributed by atoms with Crippen LogP contribution in [-0.4, -0.2) is 35.0 Å². The summed E-state index contributed by atoms with van der Waals surface area (Å²) in [6.45, 7) is 3.67. The Labute approximate surface area is 96.6 Å². The van der Waals surface area contributed by atoms with E-state index in [1.807, 2.05) is 0 Å². The molecule has 1 saturated carbocycles. The molecule has 4 nitrogen and oxygen atoms in total. The van der Waals surface area contributed by atoms with Crippen molar-refractivity contribution < 1.29 is 14.7 Å². The Morgan fingerprint density at radius 3 is 2.19 bits per heavy atom. The Balaban J connectivity index is 2.54. The predicted molar refractivity (Wildman–Crippen MR) is 61.0 cm³/mol. The lowest BCUT2D eigenvalue weighted by Gasteiger charge is -2.34. The van der Waals surface area contributed by atoms with Crippen LogP contribution in [0.1, 0.15) is 39.5 Å². The van der Waals surface area contributed by atoms with Gasteiger partial charge >= 0.3 is 5.97 Å². The van der Waals surface area contributed by atoms with E-state index in [-0.39, 0.29) is 11.9 Å². The molecule has 1 unspecified atom stereocenters. The number of hydrogen-bond donors (Lipinski definition) is 1. The van der Waals surface area contributed by atoms with Crippen LogP contribution >= 0.6 is 0 Å². The standard InChI is InChI=1S/C12H21NO3/c1-8-4-6-10(7-5-8)13(3)11(14)9(2)12(15)16/h8-10H,4-7H2,1-3H3,(H,15,16). The summed E-state index contributed by atoms with van der Waals surface area (Å²) >= 11 is 0. The highest BCUT2D eigenvalue weighted by Gasteiger charge is 2.30. The highest BCUT2D eigenvalue weighted by atomic mass is 16.4. The fraction of sp³-hybridized carbons (Fsp3) is 0.833. The monoisotopic (exact) mass is 227 g/mol. The van der Waals surface area contributed by atoms with Crippen molar-refractivity contribution >= 4 is 11.9 Å². The molecule has 0 spiro atoms. The zero-order valence-corrected chi connectivity index (χ0v) is 10.3. The maximum absolute atomic E-state index is 11.8. The molecular weight excluding hydrogens is 206 g/mol. The third-order valence-corrected chi connectivity index (χ3v) is 3.62. The van der Waals surface area contributed by atoms with Crippen LogP contribution in [0.5, 0.6) is 0 Å². The topological polar surface area (TPSA) is 57.6 Å². The molecule has 0 radical (unpaired) electrons. The van der Waals surface area contributed by atoms with Crippen LogP contribution < -0.4 is 0 Å². The highest BCUT2D eigenvalue weighted by molar-refractivity contribution is 5.96. The van der Waals surface area contributed by atoms with E-state index in [1.165, 1.54) is 6.92 Å². The van der Waals surface area contributed by atoms with Crippen LogP contribution in [0.15, 0.2) is 0 Å². The molecule has 1 N–H and O–H groups in total. The fourth-order valence-electron chi connectivity index (χ4n) is 2.22. The van der Waals surface area contributed by atoms with Crippen molar-refractivity contribution in [3.63, 3.8) is 0 Å². The molecule has 16 heavy (non-hydrogen) atoms. The maximum Gasteiger partial charge on any atom is 0.315 e. The van der Waals surface area contributed by atoms with Crippen molar-refractivity contribution in [2.45, 2.75) is 45.6 Å². The van der Waals surface area contributed by atoms with Gasteiger partial charge in [-0.2, -0.15) is 0 Å². The molecule has 0 heterocycles. The first-order valence-electron chi connectivity index (χ1n) is 5.93. The minimum Gasteiger partial charge on any atom is -0.481 e. The first kappa shape index (κ1) is 13.0. The van der Waals surface area contributed by atoms with Gasteiger partial charge in [0.2, 0.25) is 5.91 Å². The molecule has 0 aromatic carbocycles. The lowest BCUT2D eigenvalue weighted by atomic mass is 9.86. The molecular formula is C12H21NO3. The number of aliphatic carboxylic acids is 1. The van der Waals surface area contributed by atoms with Gasteiger partial charge in [0.1, 0.15) is 5.92 Å². The summed E-state index contributed by atoms with van der Waals surface area (Å²) in [5, 5.41) is 8.79.